The molecule has 0 aliphatic rings. The summed E-state index contributed by atoms with van der Waals surface area (Å²) in [5.41, 5.74) is 0. The molecule has 0 radical (unpaired) electrons. The van der Waals surface area contributed by atoms with Gasteiger partial charge in [-0.1, -0.05) is 0 Å². The Morgan fingerprint density at radius 1 is 0.783 bits per heavy atom. The lowest BCUT2D eigenvalue weighted by Gasteiger charge is -2.34. The summed E-state index contributed by atoms with van der Waals surface area (Å²) in [6, 6.07) is 2.42. The summed E-state index contributed by atoms with van der Waals surface area (Å²) in [4.78, 5) is 8.19. The predicted octanol–water partition coefficient (Wildman–Crippen LogP) is 3.99. The van der Waals surface area contributed by atoms with Gasteiger partial charge in [0.15, 0.2) is 16.6 Å². The molecule has 2 aromatic heterocycles. The summed E-state index contributed by atoms with van der Waals surface area (Å²) >= 11 is 0. The summed E-state index contributed by atoms with van der Waals surface area (Å²) < 4.78 is 11.0. The van der Waals surface area contributed by atoms with E-state index < -0.39 is 16.6 Å². The Hall–Kier alpha value is -1.19. The lowest BCUT2D eigenvalue weighted by atomic mass is 10.5. The van der Waals surface area contributed by atoms with Crippen molar-refractivity contribution in [2.45, 2.75) is 64.2 Å². The maximum atomic E-state index is 6.69. The van der Waals surface area contributed by atoms with E-state index in [1.165, 1.54) is 24.9 Å². The fraction of sp³-hybridized carbons (Fsp3) is 0.625. The van der Waals surface area contributed by atoms with Gasteiger partial charge in [0.1, 0.15) is 0 Å². The van der Waals surface area contributed by atoms with Gasteiger partial charge in [0.05, 0.1) is 12.7 Å². The van der Waals surface area contributed by atoms with Gasteiger partial charge in [0, 0.05) is 37.9 Å². The second kappa shape index (κ2) is 8.07. The Kier molecular flexibility index (Phi) is 6.37. The van der Waals surface area contributed by atoms with E-state index in [0.717, 1.165) is 13.1 Å². The van der Waals surface area contributed by atoms with Crippen molar-refractivity contribution < 1.29 is 4.12 Å². The summed E-state index contributed by atoms with van der Waals surface area (Å²) in [6.07, 6.45) is 13.9. The Bertz CT molecular complexity index is 502. The fourth-order valence-corrected chi connectivity index (χ4v) is 11.9. The average Bonchev–Trinajstić information content (AvgIpc) is 3.09. The molecule has 0 fully saturated rings. The Balaban J connectivity index is 1.70. The van der Waals surface area contributed by atoms with Crippen molar-refractivity contribution >= 4 is 16.6 Å². The van der Waals surface area contributed by atoms with Crippen LogP contribution >= 0.6 is 0 Å². The van der Waals surface area contributed by atoms with Crippen LogP contribution < -0.4 is 0 Å². The van der Waals surface area contributed by atoms with E-state index in [9.17, 15) is 0 Å². The minimum atomic E-state index is -1.58. The van der Waals surface area contributed by atoms with Gasteiger partial charge in [-0.2, -0.15) is 0 Å². The largest absolute Gasteiger partial charge is 0.455 e. The molecule has 0 aliphatic heterocycles. The zero-order valence-electron chi connectivity index (χ0n) is 14.9. The number of imidazole rings is 2. The van der Waals surface area contributed by atoms with Crippen LogP contribution in [0.2, 0.25) is 38.3 Å². The number of aryl methyl sites for hydroxylation is 2. The Morgan fingerprint density at radius 2 is 1.22 bits per heavy atom. The van der Waals surface area contributed by atoms with E-state index in [4.69, 9.17) is 4.12 Å². The van der Waals surface area contributed by atoms with Crippen molar-refractivity contribution in [2.24, 2.45) is 0 Å². The molecule has 0 atom stereocenters. The van der Waals surface area contributed by atoms with Gasteiger partial charge in [-0.3, -0.25) is 0 Å². The Labute approximate surface area is 142 Å². The molecule has 0 bridgehead atoms. The number of hydrogen-bond acceptors (Lipinski definition) is 3. The summed E-state index contributed by atoms with van der Waals surface area (Å²) in [5.74, 6) is 0. The van der Waals surface area contributed by atoms with Gasteiger partial charge in [-0.15, -0.1) is 0 Å². The van der Waals surface area contributed by atoms with E-state index in [-0.39, 0.29) is 0 Å². The first-order valence-corrected chi connectivity index (χ1v) is 14.7. The normalized spacial score (nSPS) is 12.7. The van der Waals surface area contributed by atoms with Gasteiger partial charge in [-0.25, -0.2) is 9.97 Å². The van der Waals surface area contributed by atoms with Crippen LogP contribution in [0.1, 0.15) is 12.8 Å². The maximum absolute atomic E-state index is 6.69. The van der Waals surface area contributed by atoms with E-state index in [1.807, 2.05) is 37.4 Å². The highest BCUT2D eigenvalue weighted by Crippen LogP contribution is 2.24. The van der Waals surface area contributed by atoms with Crippen molar-refractivity contribution in [1.82, 2.24) is 19.1 Å². The van der Waals surface area contributed by atoms with Gasteiger partial charge in [0.2, 0.25) is 0 Å². The highest BCUT2D eigenvalue weighted by atomic mass is 28.4. The van der Waals surface area contributed by atoms with Crippen LogP contribution in [0.3, 0.4) is 0 Å². The van der Waals surface area contributed by atoms with E-state index in [2.05, 4.69) is 45.3 Å². The van der Waals surface area contributed by atoms with Crippen molar-refractivity contribution in [2.75, 3.05) is 0 Å². The van der Waals surface area contributed by atoms with Crippen LogP contribution in [0.25, 0.3) is 0 Å². The minimum Gasteiger partial charge on any atom is -0.455 e. The predicted molar refractivity (Wildman–Crippen MR) is 99.4 cm³/mol. The van der Waals surface area contributed by atoms with Crippen molar-refractivity contribution in [3.63, 3.8) is 0 Å². The molecule has 0 aromatic carbocycles. The zero-order valence-corrected chi connectivity index (χ0v) is 16.9. The van der Waals surface area contributed by atoms with Gasteiger partial charge in [0.25, 0.3) is 0 Å². The van der Waals surface area contributed by atoms with Crippen LogP contribution in [0.4, 0.5) is 0 Å². The van der Waals surface area contributed by atoms with E-state index >= 15 is 0 Å². The van der Waals surface area contributed by atoms with Gasteiger partial charge in [-0.05, 0) is 51.1 Å². The lowest BCUT2D eigenvalue weighted by Crippen LogP contribution is -2.44. The van der Waals surface area contributed by atoms with Gasteiger partial charge < -0.3 is 13.2 Å². The smallest absolute Gasteiger partial charge is 0.173 e. The third-order valence-corrected chi connectivity index (χ3v) is 11.6. The number of hydrogen-bond donors (Lipinski definition) is 0. The molecular weight excluding hydrogens is 320 g/mol. The molecule has 23 heavy (non-hydrogen) atoms. The van der Waals surface area contributed by atoms with Crippen molar-refractivity contribution in [1.29, 1.82) is 0 Å². The lowest BCUT2D eigenvalue weighted by molar-refractivity contribution is 0.519. The highest BCUT2D eigenvalue weighted by molar-refractivity contribution is 6.84. The van der Waals surface area contributed by atoms with Crippen LogP contribution in [0, 0.1) is 0 Å². The summed E-state index contributed by atoms with van der Waals surface area (Å²) in [5, 5.41) is 0. The van der Waals surface area contributed by atoms with Crippen molar-refractivity contribution in [3.8, 4) is 0 Å². The van der Waals surface area contributed by atoms with Crippen molar-refractivity contribution in [3.05, 3.63) is 37.4 Å². The van der Waals surface area contributed by atoms with Gasteiger partial charge >= 0.3 is 0 Å². The Morgan fingerprint density at radius 3 is 1.57 bits per heavy atom. The molecule has 0 unspecified atom stereocenters. The number of nitrogens with zero attached hydrogens (tertiary/aromatic N) is 4. The zero-order chi connectivity index (χ0) is 16.8. The second-order valence-corrected chi connectivity index (χ2v) is 16.3. The maximum Gasteiger partial charge on any atom is 0.173 e. The third-order valence-electron chi connectivity index (χ3n) is 4.06. The highest BCUT2D eigenvalue weighted by Gasteiger charge is 2.32. The summed E-state index contributed by atoms with van der Waals surface area (Å²) in [6.45, 7) is 11.6. The quantitative estimate of drug-likeness (QED) is 0.609. The average molecular weight is 351 g/mol. The van der Waals surface area contributed by atoms with Crippen LogP contribution in [-0.2, 0) is 17.2 Å². The first-order valence-electron chi connectivity index (χ1n) is 8.48. The SMILES string of the molecule is C[Si](C)(CCCn1ccnc1)O[Si](C)(C)CCCn1ccnc1. The molecule has 2 rings (SSSR count). The molecular formula is C16H30N4OSi2. The number of rotatable bonds is 10. The molecule has 0 aliphatic carbocycles. The topological polar surface area (TPSA) is 44.9 Å². The standard InChI is InChI=1S/C16H30N4OSi2/c1-22(2,13-5-9-19-11-7-17-15-19)21-23(3,4)14-6-10-20-12-8-18-16-20/h7-8,11-12,15-16H,5-6,9-10,13-14H2,1-4H3. The molecule has 0 saturated heterocycles. The molecule has 0 saturated carbocycles. The first-order chi connectivity index (χ1) is 10.9. The molecule has 0 amide bonds. The van der Waals surface area contributed by atoms with Crippen LogP contribution in [0.5, 0.6) is 0 Å². The molecule has 2 aromatic rings. The minimum absolute atomic E-state index is 1.04. The number of aromatic nitrogens is 4. The molecule has 5 nitrogen and oxygen atoms in total. The summed E-state index contributed by atoms with van der Waals surface area (Å²) in [7, 11) is -3.16. The molecule has 128 valence electrons. The third kappa shape index (κ3) is 6.84. The van der Waals surface area contributed by atoms with E-state index in [1.54, 1.807) is 0 Å². The monoisotopic (exact) mass is 350 g/mol. The first kappa shape index (κ1) is 18.2. The molecule has 0 N–H and O–H groups in total. The molecule has 0 spiro atoms. The van der Waals surface area contributed by atoms with E-state index in [0.29, 0.717) is 0 Å². The fourth-order valence-electron chi connectivity index (χ4n) is 3.06. The molecule has 2 heterocycles. The van der Waals surface area contributed by atoms with Crippen LogP contribution in [-0.4, -0.2) is 35.7 Å². The second-order valence-electron chi connectivity index (χ2n) is 7.43. The molecule has 7 heteroatoms. The van der Waals surface area contributed by atoms with Crippen LogP contribution in [0.15, 0.2) is 37.4 Å².